The number of aliphatic hydroxyl groups excluding tert-OH is 2. The first kappa shape index (κ1) is 138. The summed E-state index contributed by atoms with van der Waals surface area (Å²) in [7, 11) is 5.05. The predicted octanol–water partition coefficient (Wildman–Crippen LogP) is 30.2. The van der Waals surface area contributed by atoms with Gasteiger partial charge in [-0.15, -0.1) is 6.58 Å². The highest BCUT2D eigenvalue weighted by Gasteiger charge is 2.11. The molecule has 16 heteroatoms. The van der Waals surface area contributed by atoms with Gasteiger partial charge in [-0.2, -0.15) is 17.7 Å². The number of thioether (sulfide) groups is 1. The summed E-state index contributed by atoms with van der Waals surface area (Å²) in [6, 6.07) is 68.6. The van der Waals surface area contributed by atoms with Crippen molar-refractivity contribution in [1.82, 2.24) is 25.5 Å². The molecule has 1 saturated heterocycles. The van der Waals surface area contributed by atoms with E-state index in [-0.39, 0.29) is 34.8 Å². The lowest BCUT2D eigenvalue weighted by molar-refractivity contribution is -0.118. The average molecular weight is 1760 g/mol. The summed E-state index contributed by atoms with van der Waals surface area (Å²) >= 11 is 13.1. The number of halogens is 2. The van der Waals surface area contributed by atoms with Gasteiger partial charge in [-0.05, 0) is 255 Å². The summed E-state index contributed by atoms with van der Waals surface area (Å²) in [6.45, 7) is 57.3. The van der Waals surface area contributed by atoms with Crippen molar-refractivity contribution >= 4 is 57.7 Å². The zero-order valence-electron chi connectivity index (χ0n) is 78.9. The lowest BCUT2D eigenvalue weighted by Crippen LogP contribution is -2.18. The molecule has 9 aromatic rings. The molecular formula is C107H178Cl2N6O7S. The van der Waals surface area contributed by atoms with Gasteiger partial charge in [0.2, 0.25) is 5.91 Å². The van der Waals surface area contributed by atoms with Crippen LogP contribution in [0.3, 0.4) is 0 Å². The molecule has 0 spiro atoms. The number of nitrogens with zero attached hydrogens (tertiary/aromatic N) is 3. The van der Waals surface area contributed by atoms with Gasteiger partial charge in [-0.25, -0.2) is 0 Å². The Morgan fingerprint density at radius 1 is 0.577 bits per heavy atom. The second kappa shape index (κ2) is 113. The van der Waals surface area contributed by atoms with Gasteiger partial charge in [-0.3, -0.25) is 14.8 Å². The summed E-state index contributed by atoms with van der Waals surface area (Å²) in [4.78, 5) is 24.5. The molecule has 2 fully saturated rings. The molecule has 0 unspecified atom stereocenters. The van der Waals surface area contributed by atoms with E-state index in [9.17, 15) is 4.79 Å². The molecule has 13 nitrogen and oxygen atoms in total. The SMILES string of the molecule is C.C.C.C=C(C)ON.C=CC.C=CO.C=Cc1ccccc1.CC.CCC1CCCC1.CCCNCC.CCN1CCCC1.CCNC(C)=O.CCO.CCOC.CCc1ccc(OC)cc1.CCc1cccc(Cl)c1.CCc1ccccc1.CCc1ccccn1.CCc1cccnc1.COc1ccc2ccccc2c1.CSC.Cc1cccc(Cl)c1. The maximum Gasteiger partial charge on any atom is 0.216 e. The minimum absolute atomic E-state index is 0. The number of allylic oxidation sites excluding steroid dienone is 2. The number of aliphatic hydroxyl groups is 2. The Morgan fingerprint density at radius 3 is 1.30 bits per heavy atom. The molecule has 11 rings (SSSR count). The van der Waals surface area contributed by atoms with Crippen LogP contribution in [0.4, 0.5) is 0 Å². The molecule has 1 amide bonds. The molecule has 1 aliphatic carbocycles. The number of amides is 1. The molecule has 698 valence electrons. The highest BCUT2D eigenvalue weighted by Crippen LogP contribution is 2.27. The normalized spacial score (nSPS) is 9.94. The van der Waals surface area contributed by atoms with E-state index in [2.05, 4.69) is 196 Å². The van der Waals surface area contributed by atoms with E-state index in [1.807, 2.05) is 212 Å². The summed E-state index contributed by atoms with van der Waals surface area (Å²) in [5.74, 6) is 8.08. The van der Waals surface area contributed by atoms with Crippen molar-refractivity contribution in [3.63, 3.8) is 0 Å². The minimum Gasteiger partial charge on any atom is -0.516 e. The molecule has 3 heterocycles. The Morgan fingerprint density at radius 2 is 1.02 bits per heavy atom. The quantitative estimate of drug-likeness (QED) is 0.0268. The van der Waals surface area contributed by atoms with Gasteiger partial charge in [0, 0.05) is 68.1 Å². The zero-order valence-corrected chi connectivity index (χ0v) is 81.2. The Labute approximate surface area is 770 Å². The predicted molar refractivity (Wildman–Crippen MR) is 556 cm³/mol. The Hall–Kier alpha value is -8.54. The van der Waals surface area contributed by atoms with E-state index in [0.29, 0.717) is 5.76 Å². The molecule has 2 aromatic heterocycles. The third-order valence-electron chi connectivity index (χ3n) is 15.6. The van der Waals surface area contributed by atoms with Gasteiger partial charge in [-0.1, -0.05) is 325 Å². The number of ether oxygens (including phenoxy) is 3. The average Bonchev–Trinajstić information content (AvgIpc) is 1.27. The molecule has 2 aliphatic rings. The maximum absolute atomic E-state index is 9.93. The number of carbonyl (C=O) groups excluding carboxylic acids is 1. The van der Waals surface area contributed by atoms with Crippen LogP contribution in [0.1, 0.15) is 230 Å². The molecule has 6 N–H and O–H groups in total. The zero-order chi connectivity index (χ0) is 92.3. The maximum atomic E-state index is 9.93. The third-order valence-corrected chi connectivity index (χ3v) is 16.1. The number of methoxy groups -OCH3 is 3. The van der Waals surface area contributed by atoms with Crippen LogP contribution < -0.4 is 26.0 Å². The number of pyridine rings is 2. The van der Waals surface area contributed by atoms with E-state index in [1.54, 1.807) is 59.2 Å². The number of aryl methyl sites for hydroxylation is 6. The van der Waals surface area contributed by atoms with Crippen LogP contribution in [-0.2, 0) is 46.5 Å². The molecule has 1 saturated carbocycles. The number of hydrogen-bond acceptors (Lipinski definition) is 13. The number of rotatable bonds is 16. The number of hydrogen-bond donors (Lipinski definition) is 5. The summed E-state index contributed by atoms with van der Waals surface area (Å²) in [5.41, 5.74) is 8.89. The van der Waals surface area contributed by atoms with Gasteiger partial charge in [0.1, 0.15) is 17.3 Å². The highest BCUT2D eigenvalue weighted by atomic mass is 35.5. The Balaban J connectivity index is -0.000000121. The smallest absolute Gasteiger partial charge is 0.216 e. The van der Waals surface area contributed by atoms with Crippen molar-refractivity contribution in [2.45, 2.75) is 230 Å². The van der Waals surface area contributed by atoms with Crippen LogP contribution >= 0.6 is 35.0 Å². The van der Waals surface area contributed by atoms with Crippen molar-refractivity contribution in [3.05, 3.63) is 318 Å². The van der Waals surface area contributed by atoms with E-state index in [1.165, 1.54) is 122 Å². The second-order valence-electron chi connectivity index (χ2n) is 25.4. The van der Waals surface area contributed by atoms with Crippen molar-refractivity contribution in [3.8, 4) is 11.5 Å². The molecule has 0 atom stereocenters. The number of fused-ring (bicyclic) bond motifs is 1. The Kier molecular flexibility index (Phi) is 127. The molecule has 123 heavy (non-hydrogen) atoms. The minimum atomic E-state index is 0. The topological polar surface area (TPSA) is 174 Å². The summed E-state index contributed by atoms with van der Waals surface area (Å²) in [5, 5.41) is 24.8. The molecule has 7 aromatic carbocycles. The van der Waals surface area contributed by atoms with Crippen molar-refractivity contribution in [1.29, 1.82) is 0 Å². The monoisotopic (exact) mass is 1760 g/mol. The van der Waals surface area contributed by atoms with E-state index in [4.69, 9.17) is 42.9 Å². The van der Waals surface area contributed by atoms with E-state index in [0.717, 1.165) is 97.8 Å². The fraction of sp³-hybridized carbons (Fsp3) is 0.449. The lowest BCUT2D eigenvalue weighted by Gasteiger charge is -2.08. The number of likely N-dealkylation sites (tertiary alicyclic amines) is 1. The van der Waals surface area contributed by atoms with Gasteiger partial charge in [0.15, 0.2) is 0 Å². The highest BCUT2D eigenvalue weighted by molar-refractivity contribution is 7.97. The molecule has 0 radical (unpaired) electrons. The van der Waals surface area contributed by atoms with Crippen molar-refractivity contribution in [2.75, 3.05) is 86.3 Å². The molecular weight excluding hydrogens is 1580 g/mol. The largest absolute Gasteiger partial charge is 0.516 e. The third kappa shape index (κ3) is 104. The van der Waals surface area contributed by atoms with Crippen LogP contribution in [-0.4, -0.2) is 117 Å². The number of benzene rings is 7. The molecule has 1 aliphatic heterocycles. The fourth-order valence-corrected chi connectivity index (χ4v) is 9.61. The number of nitrogens with two attached hydrogens (primary N) is 1. The fourth-order valence-electron chi connectivity index (χ4n) is 9.16. The van der Waals surface area contributed by atoms with Crippen LogP contribution in [0, 0.1) is 12.8 Å². The van der Waals surface area contributed by atoms with Crippen LogP contribution in [0.5, 0.6) is 11.5 Å². The van der Waals surface area contributed by atoms with Crippen molar-refractivity contribution in [2.24, 2.45) is 11.8 Å². The standard InChI is InChI=1S/C11H10O.C9H12O.C8H9Cl.C8H10.C8H8.C7H7Cl.2C7H9N.C7H14.C6H13N.C5H13N.C4H9NO.C3H7NO.C3H8O.C3H6.C2H6O.C2H4O.C2H6S.C2H6.3CH4/c1-12-11-7-6-9-4-2-3-5-10(9)8-11;1-3-8-4-6-9(10-2)7-5-8;1-2-7-4-3-5-8(9)6-7;2*1-2-8-6-4-3-5-7-8;1-6-3-2-4-7(8)5-6;1-2-7-4-3-5-8-6-7;1-2-7-5-3-4-6-8-7;2*1-2-7-5-3-4-6-7;1-3-5-6-4-2;1-3-5-4(2)6;1-3(2)5-4;1-3-4-2;1-3-2;2*1-2-3;1-3-2;1-2;;;/h2-8H,1H3;4-7H,3H2,1-2H3;3-6H,2H2,1H3;3-7H,2H2,1H3;2-7H,1H2;2-5H,1H3;2*3-6H,2H2,1H3;7H,2-6H2,1H3;2-6H2,1H3;6H,3-5H2,1-2H3;3H2,1-2H3,(H,5,6);1,4H2,2H3;3H2,1-2H3;3H,1H2,2H3;3H,2H2,1H3;2-3H,1H2;1-2H3;1-2H3;3*1H4. The van der Waals surface area contributed by atoms with Crippen molar-refractivity contribution < 1.29 is 34.1 Å². The first-order chi connectivity index (χ1) is 58.0. The van der Waals surface area contributed by atoms with E-state index >= 15 is 0 Å². The Bertz CT molecular complexity index is 3370. The van der Waals surface area contributed by atoms with Gasteiger partial charge >= 0.3 is 0 Å². The molecule has 0 bridgehead atoms. The first-order valence-electron chi connectivity index (χ1n) is 42.6. The summed E-state index contributed by atoms with van der Waals surface area (Å²) in [6.07, 6.45) is 30.8. The van der Waals surface area contributed by atoms with Crippen LogP contribution in [0.25, 0.3) is 16.8 Å². The number of carbonyl (C=O) groups is 1. The second-order valence-corrected chi connectivity index (χ2v) is 27.1. The number of aromatic nitrogens is 2. The van der Waals surface area contributed by atoms with Crippen LogP contribution in [0.15, 0.2) is 269 Å². The van der Waals surface area contributed by atoms with Gasteiger partial charge < -0.3 is 44.8 Å². The van der Waals surface area contributed by atoms with E-state index < -0.39 is 0 Å². The van der Waals surface area contributed by atoms with Gasteiger partial charge in [0.05, 0.1) is 20.5 Å². The van der Waals surface area contributed by atoms with Crippen LogP contribution in [0.2, 0.25) is 10.0 Å². The first-order valence-corrected chi connectivity index (χ1v) is 45.0. The number of nitrogens with one attached hydrogen (secondary N) is 2. The van der Waals surface area contributed by atoms with Gasteiger partial charge in [0.25, 0.3) is 0 Å². The lowest BCUT2D eigenvalue weighted by atomic mass is 10.1. The summed E-state index contributed by atoms with van der Waals surface area (Å²) < 4.78 is 14.7.